The molecule has 0 spiro atoms. The second-order valence-electron chi connectivity index (χ2n) is 5.80. The van der Waals surface area contributed by atoms with E-state index in [-0.39, 0.29) is 6.10 Å². The Bertz CT molecular complexity index is 1000. The van der Waals surface area contributed by atoms with Gasteiger partial charge >= 0.3 is 10.4 Å². The highest BCUT2D eigenvalue weighted by Gasteiger charge is 2.17. The van der Waals surface area contributed by atoms with E-state index < -0.39 is 10.4 Å². The summed E-state index contributed by atoms with van der Waals surface area (Å²) in [6.07, 6.45) is 5.16. The second-order valence-corrected chi connectivity index (χ2v) is 7.97. The number of hydrogen-bond acceptors (Lipinski definition) is 4. The lowest BCUT2D eigenvalue weighted by Crippen LogP contribution is -2.12. The molecule has 29 heavy (non-hydrogen) atoms. The maximum absolute atomic E-state index is 8.74. The summed E-state index contributed by atoms with van der Waals surface area (Å²) in [7, 11) is -4.67. The molecule has 0 saturated heterocycles. The van der Waals surface area contributed by atoms with Crippen LogP contribution in [0.3, 0.4) is 0 Å². The van der Waals surface area contributed by atoms with Crippen LogP contribution in [0.4, 0.5) is 0 Å². The molecule has 1 atom stereocenters. The quantitative estimate of drug-likeness (QED) is 0.474. The minimum absolute atomic E-state index is 0.223. The van der Waals surface area contributed by atoms with Crippen molar-refractivity contribution in [1.82, 2.24) is 9.55 Å². The third-order valence-corrected chi connectivity index (χ3v) is 4.42. The number of ether oxygens (including phenoxy) is 1. The van der Waals surface area contributed by atoms with Gasteiger partial charge in [-0.25, -0.2) is 4.98 Å². The van der Waals surface area contributed by atoms with Crippen LogP contribution in [0, 0.1) is 0 Å². The topological polar surface area (TPSA) is 102 Å². The predicted molar refractivity (Wildman–Crippen MR) is 112 cm³/mol. The van der Waals surface area contributed by atoms with E-state index in [0.29, 0.717) is 28.2 Å². The summed E-state index contributed by atoms with van der Waals surface area (Å²) in [5, 5.41) is 1.89. The van der Waals surface area contributed by atoms with Gasteiger partial charge in [0.2, 0.25) is 0 Å². The molecule has 2 aromatic carbocycles. The Morgan fingerprint density at radius 2 is 1.66 bits per heavy atom. The van der Waals surface area contributed by atoms with Crippen LogP contribution in [0.5, 0.6) is 0 Å². The molecule has 1 unspecified atom stereocenters. The highest BCUT2D eigenvalue weighted by Crippen LogP contribution is 2.30. The van der Waals surface area contributed by atoms with Crippen LogP contribution in [0.1, 0.15) is 17.2 Å². The summed E-state index contributed by atoms with van der Waals surface area (Å²) < 4.78 is 39.7. The average Bonchev–Trinajstić information content (AvgIpc) is 3.12. The molecule has 0 fully saturated rings. The molecule has 0 radical (unpaired) electrons. The molecule has 0 amide bonds. The first-order chi connectivity index (χ1) is 13.6. The van der Waals surface area contributed by atoms with Crippen LogP contribution in [0.15, 0.2) is 61.2 Å². The Morgan fingerprint density at radius 1 is 1.03 bits per heavy atom. The fourth-order valence-electron chi connectivity index (χ4n) is 2.37. The number of benzene rings is 2. The van der Waals surface area contributed by atoms with Crippen molar-refractivity contribution in [1.29, 1.82) is 0 Å². The summed E-state index contributed by atoms with van der Waals surface area (Å²) in [6, 6.07) is 13.0. The van der Waals surface area contributed by atoms with E-state index >= 15 is 0 Å². The summed E-state index contributed by atoms with van der Waals surface area (Å²) in [5.41, 5.74) is 1.93. The molecule has 1 aromatic heterocycles. The van der Waals surface area contributed by atoms with Gasteiger partial charge in [0.15, 0.2) is 0 Å². The van der Waals surface area contributed by atoms with E-state index in [1.54, 1.807) is 18.6 Å². The molecule has 0 saturated carbocycles. The minimum Gasteiger partial charge on any atom is -0.367 e. The van der Waals surface area contributed by atoms with Crippen molar-refractivity contribution in [2.24, 2.45) is 0 Å². The van der Waals surface area contributed by atoms with Crippen molar-refractivity contribution in [3.63, 3.8) is 0 Å². The molecule has 2 N–H and O–H groups in total. The van der Waals surface area contributed by atoms with Crippen LogP contribution >= 0.6 is 34.8 Å². The summed E-state index contributed by atoms with van der Waals surface area (Å²) in [6.45, 7) is 1.06. The summed E-state index contributed by atoms with van der Waals surface area (Å²) in [5.74, 6) is 0. The number of halogens is 3. The van der Waals surface area contributed by atoms with Gasteiger partial charge in [0.1, 0.15) is 6.10 Å². The Morgan fingerprint density at radius 3 is 2.21 bits per heavy atom. The zero-order valence-electron chi connectivity index (χ0n) is 14.8. The third-order valence-electron chi connectivity index (χ3n) is 3.61. The number of aromatic nitrogens is 2. The lowest BCUT2D eigenvalue weighted by molar-refractivity contribution is 0.0280. The first-order valence-electron chi connectivity index (χ1n) is 8.08. The third kappa shape index (κ3) is 9.14. The van der Waals surface area contributed by atoms with E-state index in [2.05, 4.69) is 4.98 Å². The SMILES string of the molecule is Clc1ccc(COC(Cn2ccnc2)c2ccc(Cl)cc2Cl)cc1.O=S(=O)(O)O. The molecule has 7 nitrogen and oxygen atoms in total. The van der Waals surface area contributed by atoms with Gasteiger partial charge in [0.05, 0.1) is 19.5 Å². The van der Waals surface area contributed by atoms with Crippen LogP contribution < -0.4 is 0 Å². The number of nitrogens with zero attached hydrogens (tertiary/aromatic N) is 2. The second kappa shape index (κ2) is 10.9. The van der Waals surface area contributed by atoms with Gasteiger partial charge in [-0.2, -0.15) is 8.42 Å². The smallest absolute Gasteiger partial charge is 0.367 e. The number of rotatable bonds is 6. The Labute approximate surface area is 183 Å². The van der Waals surface area contributed by atoms with Gasteiger partial charge in [-0.1, -0.05) is 53.0 Å². The van der Waals surface area contributed by atoms with E-state index in [0.717, 1.165) is 11.1 Å². The molecule has 3 rings (SSSR count). The number of hydrogen-bond donors (Lipinski definition) is 2. The average molecular weight is 480 g/mol. The fourth-order valence-corrected chi connectivity index (χ4v) is 3.02. The van der Waals surface area contributed by atoms with Crippen molar-refractivity contribution in [2.45, 2.75) is 19.3 Å². The van der Waals surface area contributed by atoms with E-state index in [9.17, 15) is 0 Å². The Balaban J connectivity index is 0.000000537. The van der Waals surface area contributed by atoms with Crippen molar-refractivity contribution >= 4 is 45.2 Å². The molecule has 0 bridgehead atoms. The van der Waals surface area contributed by atoms with Crippen molar-refractivity contribution in [3.05, 3.63) is 87.4 Å². The normalized spacial score (nSPS) is 12.2. The van der Waals surface area contributed by atoms with E-state index in [1.807, 2.05) is 47.2 Å². The van der Waals surface area contributed by atoms with Gasteiger partial charge < -0.3 is 9.30 Å². The van der Waals surface area contributed by atoms with Gasteiger partial charge in [-0.15, -0.1) is 0 Å². The van der Waals surface area contributed by atoms with Crippen molar-refractivity contribution in [3.8, 4) is 0 Å². The predicted octanol–water partition coefficient (Wildman–Crippen LogP) is 5.15. The molecular formula is C18H17Cl3N2O5S. The van der Waals surface area contributed by atoms with Gasteiger partial charge in [0, 0.05) is 33.0 Å². The standard InChI is InChI=1S/C18H15Cl3N2O.H2O4S/c19-14-3-1-13(2-4-14)11-24-18(10-23-8-7-22-12-23)16-6-5-15(20)9-17(16)21;1-5(2,3)4/h1-9,12,18H,10-11H2;(H2,1,2,3,4). The molecule has 1 heterocycles. The molecule has 156 valence electrons. The van der Waals surface area contributed by atoms with Gasteiger partial charge in [0.25, 0.3) is 0 Å². The van der Waals surface area contributed by atoms with E-state index in [1.165, 1.54) is 0 Å². The first kappa shape index (κ1) is 23.6. The Hall–Kier alpha value is -1.65. The molecule has 0 aliphatic heterocycles. The van der Waals surface area contributed by atoms with Crippen molar-refractivity contribution in [2.75, 3.05) is 0 Å². The zero-order valence-corrected chi connectivity index (χ0v) is 17.9. The largest absolute Gasteiger partial charge is 0.394 e. The monoisotopic (exact) mass is 478 g/mol. The van der Waals surface area contributed by atoms with Gasteiger partial charge in [-0.05, 0) is 29.8 Å². The van der Waals surface area contributed by atoms with Crippen molar-refractivity contribution < 1.29 is 22.3 Å². The van der Waals surface area contributed by atoms with Crippen LogP contribution in [0.2, 0.25) is 15.1 Å². The lowest BCUT2D eigenvalue weighted by atomic mass is 10.1. The van der Waals surface area contributed by atoms with E-state index in [4.69, 9.17) is 57.1 Å². The maximum Gasteiger partial charge on any atom is 0.394 e. The lowest BCUT2D eigenvalue weighted by Gasteiger charge is -2.20. The molecule has 0 aliphatic carbocycles. The zero-order chi connectivity index (χ0) is 21.4. The summed E-state index contributed by atoms with van der Waals surface area (Å²) >= 11 is 18.3. The minimum atomic E-state index is -4.67. The molecule has 3 aromatic rings. The highest BCUT2D eigenvalue weighted by molar-refractivity contribution is 7.79. The summed E-state index contributed by atoms with van der Waals surface area (Å²) in [4.78, 5) is 4.07. The highest BCUT2D eigenvalue weighted by atomic mass is 35.5. The first-order valence-corrected chi connectivity index (χ1v) is 10.6. The van der Waals surface area contributed by atoms with Crippen LogP contribution in [-0.4, -0.2) is 27.1 Å². The van der Waals surface area contributed by atoms with Crippen LogP contribution in [0.25, 0.3) is 0 Å². The van der Waals surface area contributed by atoms with Gasteiger partial charge in [-0.3, -0.25) is 9.11 Å². The Kier molecular flexibility index (Phi) is 8.91. The molecule has 11 heteroatoms. The molecule has 0 aliphatic rings. The maximum atomic E-state index is 8.74. The molecular weight excluding hydrogens is 463 g/mol. The number of imidazole rings is 1. The van der Waals surface area contributed by atoms with Crippen LogP contribution in [-0.2, 0) is 28.3 Å². The fraction of sp³-hybridized carbons (Fsp3) is 0.167.